The molecule has 2 fully saturated rings. The second kappa shape index (κ2) is 12.2. The van der Waals surface area contributed by atoms with E-state index in [-0.39, 0.29) is 36.5 Å². The Kier molecular flexibility index (Phi) is 9.99. The predicted octanol–water partition coefficient (Wildman–Crippen LogP) is 2.40. The molecular formula is C21H33IN4O3. The van der Waals surface area contributed by atoms with E-state index in [0.717, 1.165) is 57.0 Å². The Balaban J connectivity index is 0.00000300. The first-order valence-corrected chi connectivity index (χ1v) is 10.2. The number of rotatable bonds is 9. The van der Waals surface area contributed by atoms with Crippen molar-refractivity contribution in [2.75, 3.05) is 40.0 Å². The van der Waals surface area contributed by atoms with Crippen LogP contribution in [0, 0.1) is 5.92 Å². The summed E-state index contributed by atoms with van der Waals surface area (Å²) in [5.41, 5.74) is 1.06. The number of carbonyl (C=O) groups excluding carboxylic acids is 1. The molecule has 0 spiro atoms. The normalized spacial score (nSPS) is 18.9. The molecule has 1 saturated carbocycles. The van der Waals surface area contributed by atoms with Crippen molar-refractivity contribution in [2.45, 2.75) is 38.8 Å². The van der Waals surface area contributed by atoms with Crippen molar-refractivity contribution in [1.82, 2.24) is 15.5 Å². The van der Waals surface area contributed by atoms with Crippen LogP contribution in [-0.4, -0.2) is 62.8 Å². The number of benzene rings is 1. The van der Waals surface area contributed by atoms with Gasteiger partial charge in [0.15, 0.2) is 12.6 Å². The van der Waals surface area contributed by atoms with E-state index in [1.165, 1.54) is 0 Å². The van der Waals surface area contributed by atoms with Crippen molar-refractivity contribution in [3.63, 3.8) is 0 Å². The van der Waals surface area contributed by atoms with Crippen molar-refractivity contribution in [2.24, 2.45) is 10.9 Å². The Morgan fingerprint density at radius 2 is 2.14 bits per heavy atom. The molecule has 1 saturated heterocycles. The van der Waals surface area contributed by atoms with Crippen LogP contribution in [0.5, 0.6) is 5.75 Å². The van der Waals surface area contributed by atoms with Gasteiger partial charge in [0, 0.05) is 38.7 Å². The fourth-order valence-electron chi connectivity index (χ4n) is 3.37. The molecule has 162 valence electrons. The smallest absolute Gasteiger partial charge is 0.258 e. The van der Waals surface area contributed by atoms with E-state index in [4.69, 9.17) is 14.5 Å². The van der Waals surface area contributed by atoms with Crippen LogP contribution in [0.4, 0.5) is 0 Å². The molecule has 0 aromatic heterocycles. The van der Waals surface area contributed by atoms with Gasteiger partial charge < -0.3 is 25.0 Å². The number of methoxy groups -OCH3 is 1. The number of ether oxygens (including phenoxy) is 2. The standard InChI is InChI=1S/C21H32N4O3.HI/c1-3-22-21(25-10-9-17(13-25)14-27-2)23-12-16-5-4-6-19(11-16)28-15-20(26)24-18-7-8-18;/h4-6,11,17-18H,3,7-10,12-15H2,1-2H3,(H,22,23)(H,24,26);1H. The number of aliphatic imine (C=N–C) groups is 1. The number of likely N-dealkylation sites (tertiary alicyclic amines) is 1. The van der Waals surface area contributed by atoms with E-state index in [9.17, 15) is 4.79 Å². The van der Waals surface area contributed by atoms with Crippen molar-refractivity contribution >= 4 is 35.8 Å². The lowest BCUT2D eigenvalue weighted by atomic mass is 10.1. The minimum Gasteiger partial charge on any atom is -0.484 e. The maximum absolute atomic E-state index is 11.8. The molecule has 2 N–H and O–H groups in total. The molecule has 3 rings (SSSR count). The van der Waals surface area contributed by atoms with Crippen LogP contribution in [0.2, 0.25) is 0 Å². The van der Waals surface area contributed by atoms with Gasteiger partial charge in [-0.05, 0) is 43.9 Å². The van der Waals surface area contributed by atoms with Crippen LogP contribution in [0.1, 0.15) is 31.7 Å². The second-order valence-corrected chi connectivity index (χ2v) is 7.50. The highest BCUT2D eigenvalue weighted by Gasteiger charge is 2.25. The summed E-state index contributed by atoms with van der Waals surface area (Å²) in [6.07, 6.45) is 3.29. The molecule has 1 unspecified atom stereocenters. The molecule has 1 amide bonds. The first-order chi connectivity index (χ1) is 13.7. The van der Waals surface area contributed by atoms with E-state index >= 15 is 0 Å². The zero-order chi connectivity index (χ0) is 19.8. The SMILES string of the molecule is CCNC(=NCc1cccc(OCC(=O)NC2CC2)c1)N1CCC(COC)C1.I. The fourth-order valence-corrected chi connectivity index (χ4v) is 3.37. The number of nitrogens with one attached hydrogen (secondary N) is 2. The molecule has 1 aromatic rings. The average molecular weight is 516 g/mol. The first-order valence-electron chi connectivity index (χ1n) is 10.2. The van der Waals surface area contributed by atoms with E-state index in [1.54, 1.807) is 7.11 Å². The molecule has 7 nitrogen and oxygen atoms in total. The highest BCUT2D eigenvalue weighted by molar-refractivity contribution is 14.0. The lowest BCUT2D eigenvalue weighted by Gasteiger charge is -2.21. The summed E-state index contributed by atoms with van der Waals surface area (Å²) in [7, 11) is 1.76. The van der Waals surface area contributed by atoms with Gasteiger partial charge in [0.1, 0.15) is 5.75 Å². The van der Waals surface area contributed by atoms with Gasteiger partial charge in [-0.25, -0.2) is 4.99 Å². The monoisotopic (exact) mass is 516 g/mol. The average Bonchev–Trinajstić information content (AvgIpc) is 3.39. The third-order valence-corrected chi connectivity index (χ3v) is 4.94. The lowest BCUT2D eigenvalue weighted by Crippen LogP contribution is -2.40. The van der Waals surface area contributed by atoms with Crippen molar-refractivity contribution in [1.29, 1.82) is 0 Å². The number of amides is 1. The number of halogens is 1. The summed E-state index contributed by atoms with van der Waals surface area (Å²) >= 11 is 0. The summed E-state index contributed by atoms with van der Waals surface area (Å²) in [6.45, 7) is 6.31. The molecule has 1 aliphatic carbocycles. The highest BCUT2D eigenvalue weighted by Crippen LogP contribution is 2.19. The van der Waals surface area contributed by atoms with Crippen LogP contribution in [0.15, 0.2) is 29.3 Å². The van der Waals surface area contributed by atoms with Gasteiger partial charge in [-0.15, -0.1) is 24.0 Å². The van der Waals surface area contributed by atoms with E-state index < -0.39 is 0 Å². The van der Waals surface area contributed by atoms with E-state index in [0.29, 0.717) is 24.3 Å². The van der Waals surface area contributed by atoms with E-state index in [1.807, 2.05) is 24.3 Å². The number of nitrogens with zero attached hydrogens (tertiary/aromatic N) is 2. The van der Waals surface area contributed by atoms with Crippen LogP contribution >= 0.6 is 24.0 Å². The Morgan fingerprint density at radius 3 is 2.86 bits per heavy atom. The molecule has 1 atom stereocenters. The third-order valence-electron chi connectivity index (χ3n) is 4.94. The fraction of sp³-hybridized carbons (Fsp3) is 0.619. The summed E-state index contributed by atoms with van der Waals surface area (Å²) in [6, 6.07) is 8.15. The molecule has 0 bridgehead atoms. The number of hydrogen-bond acceptors (Lipinski definition) is 4. The van der Waals surface area contributed by atoms with Gasteiger partial charge in [-0.2, -0.15) is 0 Å². The summed E-state index contributed by atoms with van der Waals surface area (Å²) in [5.74, 6) is 2.15. The van der Waals surface area contributed by atoms with Gasteiger partial charge >= 0.3 is 0 Å². The molecule has 1 aromatic carbocycles. The van der Waals surface area contributed by atoms with Crippen LogP contribution < -0.4 is 15.4 Å². The zero-order valence-electron chi connectivity index (χ0n) is 17.4. The molecule has 29 heavy (non-hydrogen) atoms. The van der Waals surface area contributed by atoms with Crippen molar-refractivity contribution < 1.29 is 14.3 Å². The van der Waals surface area contributed by atoms with E-state index in [2.05, 4.69) is 22.5 Å². The molecule has 1 aliphatic heterocycles. The minimum atomic E-state index is -0.0556. The molecular weight excluding hydrogens is 483 g/mol. The molecule has 0 radical (unpaired) electrons. The number of hydrogen-bond donors (Lipinski definition) is 2. The van der Waals surface area contributed by atoms with Crippen LogP contribution in [-0.2, 0) is 16.1 Å². The van der Waals surface area contributed by atoms with Gasteiger partial charge in [-0.3, -0.25) is 4.79 Å². The van der Waals surface area contributed by atoms with Gasteiger partial charge in [0.05, 0.1) is 13.2 Å². The quantitative estimate of drug-likeness (QED) is 0.300. The largest absolute Gasteiger partial charge is 0.484 e. The Bertz CT molecular complexity index is 682. The topological polar surface area (TPSA) is 75.2 Å². The van der Waals surface area contributed by atoms with Gasteiger partial charge in [0.25, 0.3) is 5.91 Å². The second-order valence-electron chi connectivity index (χ2n) is 7.50. The van der Waals surface area contributed by atoms with Crippen LogP contribution in [0.3, 0.4) is 0 Å². The summed E-state index contributed by atoms with van der Waals surface area (Å²) in [5, 5.41) is 6.32. The zero-order valence-corrected chi connectivity index (χ0v) is 19.7. The Morgan fingerprint density at radius 1 is 1.31 bits per heavy atom. The highest BCUT2D eigenvalue weighted by atomic mass is 127. The molecule has 8 heteroatoms. The maximum atomic E-state index is 11.8. The third kappa shape index (κ3) is 8.00. The van der Waals surface area contributed by atoms with Crippen molar-refractivity contribution in [3.8, 4) is 5.75 Å². The summed E-state index contributed by atoms with van der Waals surface area (Å²) < 4.78 is 10.9. The van der Waals surface area contributed by atoms with Gasteiger partial charge in [0.2, 0.25) is 0 Å². The summed E-state index contributed by atoms with van der Waals surface area (Å²) in [4.78, 5) is 18.9. The molecule has 2 aliphatic rings. The molecule has 1 heterocycles. The number of carbonyl (C=O) groups is 1. The minimum absolute atomic E-state index is 0. The Hall–Kier alpha value is -1.55. The predicted molar refractivity (Wildman–Crippen MR) is 125 cm³/mol. The lowest BCUT2D eigenvalue weighted by molar-refractivity contribution is -0.123. The van der Waals surface area contributed by atoms with Crippen molar-refractivity contribution in [3.05, 3.63) is 29.8 Å². The van der Waals surface area contributed by atoms with Gasteiger partial charge in [-0.1, -0.05) is 12.1 Å². The number of guanidine groups is 1. The van der Waals surface area contributed by atoms with Crippen LogP contribution in [0.25, 0.3) is 0 Å². The Labute approximate surface area is 190 Å². The first kappa shape index (κ1) is 23.7. The maximum Gasteiger partial charge on any atom is 0.258 e.